The summed E-state index contributed by atoms with van der Waals surface area (Å²) in [6.45, 7) is 2.67. The molecule has 0 spiro atoms. The first-order valence-corrected chi connectivity index (χ1v) is 15.7. The Kier molecular flexibility index (Phi) is 10.3. The molecular formula is C34H35F3N4O3S. The van der Waals surface area contributed by atoms with Crippen LogP contribution >= 0.6 is 11.3 Å². The molecule has 0 aliphatic carbocycles. The average molecular weight is 637 g/mol. The zero-order valence-electron chi connectivity index (χ0n) is 24.8. The van der Waals surface area contributed by atoms with E-state index >= 15 is 0 Å². The van der Waals surface area contributed by atoms with E-state index in [1.807, 2.05) is 47.5 Å². The largest absolute Gasteiger partial charge is 0.416 e. The topological polar surface area (TPSA) is 94.6 Å². The molecule has 45 heavy (non-hydrogen) atoms. The lowest BCUT2D eigenvalue weighted by Crippen LogP contribution is -2.48. The minimum Gasteiger partial charge on any atom is -0.390 e. The zero-order chi connectivity index (χ0) is 32.0. The fraction of sp³-hybridized carbons (Fsp3) is 0.324. The van der Waals surface area contributed by atoms with Crippen LogP contribution in [0.25, 0.3) is 0 Å². The number of alkyl halides is 3. The molecule has 1 saturated heterocycles. The summed E-state index contributed by atoms with van der Waals surface area (Å²) in [6, 6.07) is 20.1. The van der Waals surface area contributed by atoms with Crippen molar-refractivity contribution in [2.45, 2.75) is 57.1 Å². The lowest BCUT2D eigenvalue weighted by molar-refractivity contribution is -0.137. The van der Waals surface area contributed by atoms with E-state index in [1.165, 1.54) is 6.07 Å². The van der Waals surface area contributed by atoms with E-state index in [0.29, 0.717) is 24.1 Å². The Balaban J connectivity index is 1.26. The van der Waals surface area contributed by atoms with E-state index in [1.54, 1.807) is 41.7 Å². The molecule has 0 bridgehead atoms. The summed E-state index contributed by atoms with van der Waals surface area (Å²) in [5.41, 5.74) is 2.17. The fourth-order valence-electron chi connectivity index (χ4n) is 5.52. The Morgan fingerprint density at radius 3 is 2.49 bits per heavy atom. The van der Waals surface area contributed by atoms with Gasteiger partial charge >= 0.3 is 6.18 Å². The monoisotopic (exact) mass is 636 g/mol. The fourth-order valence-corrected chi connectivity index (χ4v) is 6.46. The van der Waals surface area contributed by atoms with Gasteiger partial charge in [-0.25, -0.2) is 4.98 Å². The van der Waals surface area contributed by atoms with Crippen LogP contribution in [-0.2, 0) is 19.1 Å². The van der Waals surface area contributed by atoms with Crippen molar-refractivity contribution in [3.63, 3.8) is 0 Å². The van der Waals surface area contributed by atoms with Gasteiger partial charge in [-0.1, -0.05) is 54.6 Å². The molecule has 3 N–H and O–H groups in total. The van der Waals surface area contributed by atoms with Crippen LogP contribution < -0.4 is 10.6 Å². The lowest BCUT2D eigenvalue weighted by Gasteiger charge is -2.25. The number of carbonyl (C=O) groups is 2. The quantitative estimate of drug-likeness (QED) is 0.190. The maximum absolute atomic E-state index is 13.6. The van der Waals surface area contributed by atoms with Gasteiger partial charge in [0.1, 0.15) is 5.01 Å². The zero-order valence-corrected chi connectivity index (χ0v) is 25.6. The molecule has 0 saturated carbocycles. The summed E-state index contributed by atoms with van der Waals surface area (Å²) in [5.74, 6) is -0.615. The molecule has 1 fully saturated rings. The number of rotatable bonds is 11. The molecule has 2 heterocycles. The number of hydrogen-bond donors (Lipinski definition) is 3. The third-order valence-corrected chi connectivity index (χ3v) is 8.89. The predicted molar refractivity (Wildman–Crippen MR) is 167 cm³/mol. The van der Waals surface area contributed by atoms with Gasteiger partial charge in [-0.05, 0) is 61.6 Å². The van der Waals surface area contributed by atoms with E-state index in [2.05, 4.69) is 15.6 Å². The van der Waals surface area contributed by atoms with Gasteiger partial charge < -0.3 is 20.6 Å². The highest BCUT2D eigenvalue weighted by molar-refractivity contribution is 7.09. The summed E-state index contributed by atoms with van der Waals surface area (Å²) in [5, 5.41) is 19.9. The highest BCUT2D eigenvalue weighted by atomic mass is 32.1. The Morgan fingerprint density at radius 2 is 1.76 bits per heavy atom. The molecule has 236 valence electrons. The third kappa shape index (κ3) is 8.36. The second kappa shape index (κ2) is 14.4. The van der Waals surface area contributed by atoms with Gasteiger partial charge in [0.05, 0.1) is 23.8 Å². The van der Waals surface area contributed by atoms with Gasteiger partial charge in [0.15, 0.2) is 0 Å². The number of nitrogens with one attached hydrogen (secondary N) is 2. The van der Waals surface area contributed by atoms with Gasteiger partial charge in [0.2, 0.25) is 0 Å². The minimum atomic E-state index is -4.45. The molecule has 0 radical (unpaired) electrons. The van der Waals surface area contributed by atoms with Crippen LogP contribution in [0.15, 0.2) is 84.2 Å². The molecule has 1 aromatic heterocycles. The molecule has 11 heteroatoms. The van der Waals surface area contributed by atoms with E-state index in [0.717, 1.165) is 41.2 Å². The van der Waals surface area contributed by atoms with Crippen LogP contribution in [0.4, 0.5) is 13.2 Å². The average Bonchev–Trinajstić information content (AvgIpc) is 3.70. The molecule has 1 aliphatic rings. The van der Waals surface area contributed by atoms with Crippen LogP contribution in [0.1, 0.15) is 67.0 Å². The van der Waals surface area contributed by atoms with Crippen molar-refractivity contribution in [2.24, 2.45) is 0 Å². The Morgan fingerprint density at radius 1 is 1.02 bits per heavy atom. The molecule has 7 nitrogen and oxygen atoms in total. The molecule has 4 aromatic rings. The number of halogens is 3. The Hall–Kier alpha value is -4.06. The van der Waals surface area contributed by atoms with Crippen LogP contribution in [0, 0.1) is 6.92 Å². The molecular weight excluding hydrogens is 601 g/mol. The molecule has 1 unspecified atom stereocenters. The lowest BCUT2D eigenvalue weighted by atomic mass is 10.00. The van der Waals surface area contributed by atoms with Gasteiger partial charge in [-0.15, -0.1) is 11.3 Å². The Labute approximate surface area is 264 Å². The highest BCUT2D eigenvalue weighted by Crippen LogP contribution is 2.35. The number of aliphatic hydroxyl groups is 1. The van der Waals surface area contributed by atoms with Gasteiger partial charge in [0.25, 0.3) is 11.8 Å². The van der Waals surface area contributed by atoms with Gasteiger partial charge in [-0.3, -0.25) is 9.59 Å². The van der Waals surface area contributed by atoms with E-state index in [4.69, 9.17) is 0 Å². The number of amides is 2. The van der Waals surface area contributed by atoms with E-state index in [9.17, 15) is 27.9 Å². The van der Waals surface area contributed by atoms with Crippen LogP contribution in [0.3, 0.4) is 0 Å². The van der Waals surface area contributed by atoms with Crippen molar-refractivity contribution in [3.8, 4) is 0 Å². The summed E-state index contributed by atoms with van der Waals surface area (Å²) < 4.78 is 39.3. The number of aliphatic hydroxyl groups excluding tert-OH is 1. The second-order valence-electron chi connectivity index (χ2n) is 11.2. The van der Waals surface area contributed by atoms with E-state index < -0.39 is 29.8 Å². The van der Waals surface area contributed by atoms with Crippen molar-refractivity contribution in [3.05, 3.63) is 123 Å². The number of thiazole rings is 1. The third-order valence-electron chi connectivity index (χ3n) is 7.82. The first-order chi connectivity index (χ1) is 21.6. The number of hydrogen-bond acceptors (Lipinski definition) is 6. The first kappa shape index (κ1) is 32.3. The highest BCUT2D eigenvalue weighted by Gasteiger charge is 2.33. The van der Waals surface area contributed by atoms with Crippen molar-refractivity contribution in [1.29, 1.82) is 0 Å². The molecule has 1 aliphatic heterocycles. The number of aryl methyl sites for hydroxylation is 1. The number of likely N-dealkylation sites (tertiary alicyclic amines) is 1. The van der Waals surface area contributed by atoms with E-state index in [-0.39, 0.29) is 30.6 Å². The second-order valence-corrected chi connectivity index (χ2v) is 12.1. The van der Waals surface area contributed by atoms with Crippen molar-refractivity contribution in [1.82, 2.24) is 20.5 Å². The normalized spacial score (nSPS) is 16.4. The van der Waals surface area contributed by atoms with Crippen molar-refractivity contribution < 1.29 is 27.9 Å². The van der Waals surface area contributed by atoms with Gasteiger partial charge in [-0.2, -0.15) is 13.2 Å². The molecule has 3 atom stereocenters. The SMILES string of the molecule is Cc1csc(C2CCCN2C(=O)c2cccc(C(=O)N[C@@H](Cc3ccccc3)[C@H](O)CNCc3cccc(C(F)(F)F)c3)c2)n1. The van der Waals surface area contributed by atoms with Crippen LogP contribution in [0.5, 0.6) is 0 Å². The molecule has 5 rings (SSSR count). The molecule has 2 amide bonds. The maximum atomic E-state index is 13.6. The van der Waals surface area contributed by atoms with Crippen LogP contribution in [0.2, 0.25) is 0 Å². The van der Waals surface area contributed by atoms with Gasteiger partial charge in [0, 0.05) is 41.8 Å². The number of aromatic nitrogens is 1. The Bertz CT molecular complexity index is 1610. The summed E-state index contributed by atoms with van der Waals surface area (Å²) in [6.07, 6.45) is -3.48. The standard InChI is InChI=1S/C34H35F3N4O3S/c1-22-21-45-32(39-22)29-14-7-15-41(29)33(44)26-12-6-11-25(18-26)31(43)40-28(17-23-8-3-2-4-9-23)30(42)20-38-19-24-10-5-13-27(16-24)34(35,36)37/h2-6,8-13,16,18,21,28-30,38,42H,7,14-15,17,19-20H2,1H3,(H,40,43)/t28-,29?,30+/m0/s1. The molecule has 3 aromatic carbocycles. The maximum Gasteiger partial charge on any atom is 0.416 e. The summed E-state index contributed by atoms with van der Waals surface area (Å²) in [7, 11) is 0. The summed E-state index contributed by atoms with van der Waals surface area (Å²) in [4.78, 5) is 33.4. The van der Waals surface area contributed by atoms with Crippen molar-refractivity contribution >= 4 is 23.2 Å². The predicted octanol–water partition coefficient (Wildman–Crippen LogP) is 5.94. The minimum absolute atomic E-state index is 0.0269. The number of nitrogens with zero attached hydrogens (tertiary/aromatic N) is 2. The number of benzene rings is 3. The van der Waals surface area contributed by atoms with Crippen LogP contribution in [-0.4, -0.2) is 52.0 Å². The van der Waals surface area contributed by atoms with Crippen molar-refractivity contribution in [2.75, 3.05) is 13.1 Å². The number of carbonyl (C=O) groups excluding carboxylic acids is 2. The summed E-state index contributed by atoms with van der Waals surface area (Å²) >= 11 is 1.54. The first-order valence-electron chi connectivity index (χ1n) is 14.8. The smallest absolute Gasteiger partial charge is 0.390 e.